The molecule has 0 unspecified atom stereocenters. The number of hydrogen-bond acceptors (Lipinski definition) is 2. The molecule has 3 heteroatoms. The summed E-state index contributed by atoms with van der Waals surface area (Å²) in [7, 11) is 0. The van der Waals surface area contributed by atoms with Crippen LogP contribution in [0.2, 0.25) is 0 Å². The number of aliphatic carboxylic acids is 1. The summed E-state index contributed by atoms with van der Waals surface area (Å²) in [6.45, 7) is 1.97. The minimum absolute atomic E-state index is 0.183. The Balaban J connectivity index is 3.39. The number of carboxylic acids is 1. The van der Waals surface area contributed by atoms with Crippen LogP contribution in [0.5, 0.6) is 0 Å². The van der Waals surface area contributed by atoms with Crippen LogP contribution in [0.1, 0.15) is 26.2 Å². The highest BCUT2D eigenvalue weighted by atomic mass is 16.4. The van der Waals surface area contributed by atoms with E-state index in [0.717, 1.165) is 12.8 Å². The number of nitrogens with one attached hydrogen (secondary N) is 1. The molecule has 0 saturated heterocycles. The molecule has 3 nitrogen and oxygen atoms in total. The van der Waals surface area contributed by atoms with Crippen LogP contribution >= 0.6 is 0 Å². The highest BCUT2D eigenvalue weighted by Gasteiger charge is 2.03. The Kier molecular flexibility index (Phi) is 3.67. The van der Waals surface area contributed by atoms with E-state index in [1.165, 1.54) is 0 Å². The third-order valence-corrected chi connectivity index (χ3v) is 1.04. The number of hydrogen-bond donors (Lipinski definition) is 2. The summed E-state index contributed by atoms with van der Waals surface area (Å²) in [4.78, 5) is 9.98. The van der Waals surface area contributed by atoms with Gasteiger partial charge in [0.25, 0.3) is 0 Å². The average Bonchev–Trinajstić information content (AvgIpc) is 1.82. The van der Waals surface area contributed by atoms with E-state index >= 15 is 0 Å². The van der Waals surface area contributed by atoms with E-state index in [0.29, 0.717) is 6.42 Å². The van der Waals surface area contributed by atoms with Gasteiger partial charge in [-0.1, -0.05) is 13.3 Å². The Bertz CT molecular complexity index is 120. The summed E-state index contributed by atoms with van der Waals surface area (Å²) in [5, 5.41) is 15.0. The first kappa shape index (κ1) is 8.14. The Morgan fingerprint density at radius 3 is 2.56 bits per heavy atom. The zero-order valence-electron chi connectivity index (χ0n) is 5.48. The molecule has 0 heterocycles. The van der Waals surface area contributed by atoms with Crippen LogP contribution in [0.15, 0.2) is 0 Å². The zero-order valence-corrected chi connectivity index (χ0v) is 5.48. The maximum absolute atomic E-state index is 9.98. The van der Waals surface area contributed by atoms with Gasteiger partial charge in [-0.05, 0) is 12.8 Å². The maximum atomic E-state index is 9.98. The fraction of sp³-hybridized carbons (Fsp3) is 0.667. The molecule has 0 amide bonds. The quantitative estimate of drug-likeness (QED) is 0.561. The predicted molar refractivity (Wildman–Crippen MR) is 34.9 cm³/mol. The van der Waals surface area contributed by atoms with Crippen LogP contribution in [0.25, 0.3) is 0 Å². The van der Waals surface area contributed by atoms with Gasteiger partial charge in [0, 0.05) is 0 Å². The molecule has 9 heavy (non-hydrogen) atoms. The molecule has 0 aliphatic heterocycles. The molecule has 0 aromatic rings. The number of carbonyl (C=O) groups is 1. The van der Waals surface area contributed by atoms with Crippen molar-refractivity contribution in [3.63, 3.8) is 0 Å². The van der Waals surface area contributed by atoms with Gasteiger partial charge in [0.05, 0.1) is 0 Å². The lowest BCUT2D eigenvalue weighted by molar-refractivity contribution is -0.129. The lowest BCUT2D eigenvalue weighted by atomic mass is 10.2. The Hall–Kier alpha value is -0.860. The molecule has 2 N–H and O–H groups in total. The summed E-state index contributed by atoms with van der Waals surface area (Å²) >= 11 is 0. The van der Waals surface area contributed by atoms with E-state index in [9.17, 15) is 4.79 Å². The van der Waals surface area contributed by atoms with Crippen LogP contribution in [0.3, 0.4) is 0 Å². The monoisotopic (exact) mass is 129 g/mol. The van der Waals surface area contributed by atoms with Gasteiger partial charge in [-0.3, -0.25) is 5.41 Å². The second-order valence-electron chi connectivity index (χ2n) is 1.89. The molecule has 0 aliphatic carbocycles. The molecule has 0 spiro atoms. The van der Waals surface area contributed by atoms with Crippen molar-refractivity contribution < 1.29 is 9.90 Å². The van der Waals surface area contributed by atoms with Crippen molar-refractivity contribution in [2.45, 2.75) is 26.2 Å². The summed E-state index contributed by atoms with van der Waals surface area (Å²) in [6, 6.07) is 0. The molecule has 0 aromatic carbocycles. The Morgan fingerprint density at radius 2 is 2.22 bits per heavy atom. The summed E-state index contributed by atoms with van der Waals surface area (Å²) in [6.07, 6.45) is 2.13. The van der Waals surface area contributed by atoms with Crippen LogP contribution in [-0.2, 0) is 4.79 Å². The van der Waals surface area contributed by atoms with Gasteiger partial charge in [0.2, 0.25) is 0 Å². The van der Waals surface area contributed by atoms with Crippen molar-refractivity contribution in [1.29, 1.82) is 5.41 Å². The molecule has 0 saturated carbocycles. The van der Waals surface area contributed by atoms with E-state index in [1.54, 1.807) is 0 Å². The highest BCUT2D eigenvalue weighted by molar-refractivity contribution is 6.34. The van der Waals surface area contributed by atoms with Crippen molar-refractivity contribution in [2.24, 2.45) is 0 Å². The lowest BCUT2D eigenvalue weighted by Crippen LogP contribution is -2.10. The number of unbranched alkanes of at least 4 members (excludes halogenated alkanes) is 1. The molecule has 52 valence electrons. The number of rotatable bonds is 4. The fourth-order valence-corrected chi connectivity index (χ4v) is 0.460. The maximum Gasteiger partial charge on any atom is 0.349 e. The molecule has 0 bridgehead atoms. The minimum atomic E-state index is -1.09. The highest BCUT2D eigenvalue weighted by Crippen LogP contribution is 1.94. The smallest absolute Gasteiger partial charge is 0.349 e. The molecular formula is C6H11NO2. The lowest BCUT2D eigenvalue weighted by Gasteiger charge is -1.93. The van der Waals surface area contributed by atoms with Crippen LogP contribution in [-0.4, -0.2) is 16.8 Å². The van der Waals surface area contributed by atoms with Gasteiger partial charge in [-0.2, -0.15) is 0 Å². The normalized spacial score (nSPS) is 9.00. The van der Waals surface area contributed by atoms with Crippen LogP contribution in [0.4, 0.5) is 0 Å². The first-order valence-electron chi connectivity index (χ1n) is 2.99. The molecule has 0 aromatic heterocycles. The standard InChI is InChI=1S/C6H11NO2/c1-2-3-4-5(7)6(8)9/h7H,2-4H2,1H3,(H,8,9). The third-order valence-electron chi connectivity index (χ3n) is 1.04. The molecule has 0 fully saturated rings. The zero-order chi connectivity index (χ0) is 7.28. The summed E-state index contributed by atoms with van der Waals surface area (Å²) < 4.78 is 0. The number of carboxylic acid groups (broad SMARTS) is 1. The topological polar surface area (TPSA) is 61.2 Å². The average molecular weight is 129 g/mol. The molecule has 0 radical (unpaired) electrons. The van der Waals surface area contributed by atoms with Gasteiger partial charge in [0.1, 0.15) is 5.71 Å². The Morgan fingerprint density at radius 1 is 1.67 bits per heavy atom. The van der Waals surface area contributed by atoms with Gasteiger partial charge in [-0.25, -0.2) is 4.79 Å². The predicted octanol–water partition coefficient (Wildman–Crippen LogP) is 1.28. The van der Waals surface area contributed by atoms with Crippen LogP contribution < -0.4 is 0 Å². The second-order valence-corrected chi connectivity index (χ2v) is 1.89. The van der Waals surface area contributed by atoms with Gasteiger partial charge in [-0.15, -0.1) is 0 Å². The first-order valence-corrected chi connectivity index (χ1v) is 2.99. The van der Waals surface area contributed by atoms with E-state index in [1.807, 2.05) is 6.92 Å². The van der Waals surface area contributed by atoms with Gasteiger partial charge in [0.15, 0.2) is 0 Å². The largest absolute Gasteiger partial charge is 0.477 e. The molecule has 0 aliphatic rings. The fourth-order valence-electron chi connectivity index (χ4n) is 0.460. The van der Waals surface area contributed by atoms with E-state index in [2.05, 4.69) is 0 Å². The molecule has 0 rings (SSSR count). The van der Waals surface area contributed by atoms with Crippen LogP contribution in [0, 0.1) is 5.41 Å². The van der Waals surface area contributed by atoms with Crippen molar-refractivity contribution >= 4 is 11.7 Å². The minimum Gasteiger partial charge on any atom is -0.477 e. The van der Waals surface area contributed by atoms with Gasteiger partial charge >= 0.3 is 5.97 Å². The van der Waals surface area contributed by atoms with Crippen molar-refractivity contribution in [3.8, 4) is 0 Å². The van der Waals surface area contributed by atoms with Gasteiger partial charge < -0.3 is 5.11 Å². The Labute approximate surface area is 54.2 Å². The van der Waals surface area contributed by atoms with E-state index in [-0.39, 0.29) is 5.71 Å². The molecular weight excluding hydrogens is 118 g/mol. The van der Waals surface area contributed by atoms with E-state index in [4.69, 9.17) is 10.5 Å². The first-order chi connectivity index (χ1) is 4.18. The molecule has 0 atom stereocenters. The van der Waals surface area contributed by atoms with Crippen molar-refractivity contribution in [1.82, 2.24) is 0 Å². The third kappa shape index (κ3) is 3.70. The van der Waals surface area contributed by atoms with Crippen molar-refractivity contribution in [2.75, 3.05) is 0 Å². The van der Waals surface area contributed by atoms with Crippen molar-refractivity contribution in [3.05, 3.63) is 0 Å². The second kappa shape index (κ2) is 4.06. The summed E-state index contributed by atoms with van der Waals surface area (Å²) in [5.74, 6) is -1.09. The summed E-state index contributed by atoms with van der Waals surface area (Å²) in [5.41, 5.74) is -0.183. The SMILES string of the molecule is CCCCC(=N)C(=O)O. The van der Waals surface area contributed by atoms with E-state index < -0.39 is 5.97 Å².